The zero-order chi connectivity index (χ0) is 13.7. The Hall–Kier alpha value is -0.980. The summed E-state index contributed by atoms with van der Waals surface area (Å²) in [6.45, 7) is 5.08. The molecular formula is C13H16FN3S2. The molecule has 0 aliphatic carbocycles. The Morgan fingerprint density at radius 1 is 1.47 bits per heavy atom. The number of hydrogen-bond donors (Lipinski definition) is 1. The summed E-state index contributed by atoms with van der Waals surface area (Å²) in [5.41, 5.74) is 0.966. The third-order valence-electron chi connectivity index (χ3n) is 2.69. The van der Waals surface area contributed by atoms with Crippen molar-refractivity contribution in [1.29, 1.82) is 0 Å². The molecule has 0 fully saturated rings. The van der Waals surface area contributed by atoms with Crippen LogP contribution in [0.1, 0.15) is 31.9 Å². The second-order valence-electron chi connectivity index (χ2n) is 4.14. The van der Waals surface area contributed by atoms with E-state index in [9.17, 15) is 4.39 Å². The summed E-state index contributed by atoms with van der Waals surface area (Å²) < 4.78 is 18.7. The number of rotatable bonds is 6. The Morgan fingerprint density at radius 3 is 3.00 bits per heavy atom. The highest BCUT2D eigenvalue weighted by atomic mass is 32.2. The predicted octanol–water partition coefficient (Wildman–Crippen LogP) is 3.89. The first-order valence-electron chi connectivity index (χ1n) is 6.18. The Bertz CT molecular complexity index is 517. The zero-order valence-corrected chi connectivity index (χ0v) is 12.5. The zero-order valence-electron chi connectivity index (χ0n) is 10.9. The fraction of sp³-hybridized carbons (Fsp3) is 0.385. The van der Waals surface area contributed by atoms with E-state index in [1.807, 2.05) is 6.07 Å². The van der Waals surface area contributed by atoms with Crippen LogP contribution in [0.5, 0.6) is 0 Å². The molecule has 0 spiro atoms. The summed E-state index contributed by atoms with van der Waals surface area (Å²) in [6, 6.07) is 5.31. The van der Waals surface area contributed by atoms with Crippen molar-refractivity contribution < 1.29 is 4.39 Å². The summed E-state index contributed by atoms with van der Waals surface area (Å²) in [5.74, 6) is -0.206. The van der Waals surface area contributed by atoms with Gasteiger partial charge in [0.25, 0.3) is 0 Å². The SMILES string of the molecule is CCCNC(C)c1cccc(F)c1Sc1ncns1. The Kier molecular flexibility index (Phi) is 5.30. The third kappa shape index (κ3) is 3.75. The molecule has 1 aromatic heterocycles. The number of nitrogens with one attached hydrogen (secondary N) is 1. The first kappa shape index (κ1) is 14.4. The maximum Gasteiger partial charge on any atom is 0.174 e. The van der Waals surface area contributed by atoms with Gasteiger partial charge in [-0.1, -0.05) is 30.8 Å². The topological polar surface area (TPSA) is 37.8 Å². The number of aromatic nitrogens is 2. The van der Waals surface area contributed by atoms with Crippen LogP contribution >= 0.6 is 23.3 Å². The monoisotopic (exact) mass is 297 g/mol. The largest absolute Gasteiger partial charge is 0.310 e. The van der Waals surface area contributed by atoms with Gasteiger partial charge in [0.1, 0.15) is 12.1 Å². The van der Waals surface area contributed by atoms with Gasteiger partial charge in [0.2, 0.25) is 0 Å². The average molecular weight is 297 g/mol. The van der Waals surface area contributed by atoms with Gasteiger partial charge in [-0.2, -0.15) is 4.37 Å². The first-order valence-corrected chi connectivity index (χ1v) is 7.77. The van der Waals surface area contributed by atoms with E-state index in [0.29, 0.717) is 4.90 Å². The number of benzene rings is 1. The highest BCUT2D eigenvalue weighted by Crippen LogP contribution is 2.35. The molecule has 6 heteroatoms. The minimum atomic E-state index is -0.206. The van der Waals surface area contributed by atoms with E-state index in [1.54, 1.807) is 6.07 Å². The molecule has 1 heterocycles. The molecule has 0 saturated carbocycles. The molecule has 0 saturated heterocycles. The Labute approximate surface area is 120 Å². The van der Waals surface area contributed by atoms with Crippen LogP contribution in [0.3, 0.4) is 0 Å². The van der Waals surface area contributed by atoms with E-state index in [2.05, 4.69) is 28.5 Å². The molecule has 3 nitrogen and oxygen atoms in total. The predicted molar refractivity (Wildman–Crippen MR) is 77.1 cm³/mol. The second kappa shape index (κ2) is 6.98. The summed E-state index contributed by atoms with van der Waals surface area (Å²) in [6.07, 6.45) is 2.55. The van der Waals surface area contributed by atoms with Crippen molar-refractivity contribution in [1.82, 2.24) is 14.7 Å². The molecule has 1 unspecified atom stereocenters. The van der Waals surface area contributed by atoms with Crippen molar-refractivity contribution >= 4 is 23.3 Å². The molecular weight excluding hydrogens is 281 g/mol. The molecule has 2 aromatic rings. The minimum Gasteiger partial charge on any atom is -0.310 e. The van der Waals surface area contributed by atoms with Gasteiger partial charge < -0.3 is 5.32 Å². The van der Waals surface area contributed by atoms with E-state index in [-0.39, 0.29) is 11.9 Å². The van der Waals surface area contributed by atoms with Gasteiger partial charge in [-0.25, -0.2) is 9.37 Å². The van der Waals surface area contributed by atoms with Gasteiger partial charge in [0.05, 0.1) is 4.90 Å². The molecule has 0 aliphatic heterocycles. The van der Waals surface area contributed by atoms with Crippen LogP contribution in [0.2, 0.25) is 0 Å². The van der Waals surface area contributed by atoms with Crippen LogP contribution in [0.25, 0.3) is 0 Å². The Balaban J connectivity index is 2.25. The van der Waals surface area contributed by atoms with E-state index < -0.39 is 0 Å². The van der Waals surface area contributed by atoms with Crippen LogP contribution in [-0.2, 0) is 0 Å². The van der Waals surface area contributed by atoms with Gasteiger partial charge in [0.15, 0.2) is 4.34 Å². The van der Waals surface area contributed by atoms with Gasteiger partial charge in [-0.15, -0.1) is 0 Å². The van der Waals surface area contributed by atoms with Crippen LogP contribution in [0.4, 0.5) is 4.39 Å². The minimum absolute atomic E-state index is 0.117. The van der Waals surface area contributed by atoms with Crippen molar-refractivity contribution in [3.63, 3.8) is 0 Å². The molecule has 0 amide bonds. The van der Waals surface area contributed by atoms with Crippen LogP contribution in [-0.4, -0.2) is 15.9 Å². The number of halogens is 1. The van der Waals surface area contributed by atoms with E-state index in [4.69, 9.17) is 0 Å². The summed E-state index contributed by atoms with van der Waals surface area (Å²) in [5, 5.41) is 3.38. The van der Waals surface area contributed by atoms with Gasteiger partial charge >= 0.3 is 0 Å². The highest BCUT2D eigenvalue weighted by Gasteiger charge is 2.16. The highest BCUT2D eigenvalue weighted by molar-refractivity contribution is 8.01. The van der Waals surface area contributed by atoms with E-state index in [0.717, 1.165) is 22.9 Å². The lowest BCUT2D eigenvalue weighted by Crippen LogP contribution is -2.20. The molecule has 1 N–H and O–H groups in total. The normalized spacial score (nSPS) is 12.6. The fourth-order valence-electron chi connectivity index (χ4n) is 1.74. The van der Waals surface area contributed by atoms with E-state index in [1.165, 1.54) is 35.7 Å². The maximum atomic E-state index is 14.0. The molecule has 19 heavy (non-hydrogen) atoms. The van der Waals surface area contributed by atoms with Gasteiger partial charge in [-0.05, 0) is 43.1 Å². The number of nitrogens with zero attached hydrogens (tertiary/aromatic N) is 2. The van der Waals surface area contributed by atoms with Gasteiger partial charge in [0, 0.05) is 6.04 Å². The molecule has 0 aliphatic rings. The lowest BCUT2D eigenvalue weighted by molar-refractivity contribution is 0.543. The quantitative estimate of drug-likeness (QED) is 0.878. The summed E-state index contributed by atoms with van der Waals surface area (Å²) in [4.78, 5) is 4.73. The molecule has 2 rings (SSSR count). The first-order chi connectivity index (χ1) is 9.22. The Morgan fingerprint density at radius 2 is 2.32 bits per heavy atom. The molecule has 0 bridgehead atoms. The van der Waals surface area contributed by atoms with Crippen LogP contribution in [0.15, 0.2) is 33.8 Å². The van der Waals surface area contributed by atoms with Crippen molar-refractivity contribution in [2.45, 2.75) is 35.5 Å². The maximum absolute atomic E-state index is 14.0. The van der Waals surface area contributed by atoms with Crippen LogP contribution in [0, 0.1) is 5.82 Å². The van der Waals surface area contributed by atoms with Crippen molar-refractivity contribution in [2.75, 3.05) is 6.54 Å². The van der Waals surface area contributed by atoms with Crippen molar-refractivity contribution in [3.05, 3.63) is 35.9 Å². The third-order valence-corrected chi connectivity index (χ3v) is 4.54. The van der Waals surface area contributed by atoms with Crippen molar-refractivity contribution in [2.24, 2.45) is 0 Å². The lowest BCUT2D eigenvalue weighted by atomic mass is 10.1. The molecule has 1 atom stereocenters. The summed E-state index contributed by atoms with van der Waals surface area (Å²) in [7, 11) is 0. The smallest absolute Gasteiger partial charge is 0.174 e. The molecule has 1 aromatic carbocycles. The van der Waals surface area contributed by atoms with Crippen LogP contribution < -0.4 is 5.32 Å². The standard InChI is InChI=1S/C13H16FN3S2/c1-3-7-15-9(2)10-5-4-6-11(14)12(10)18-13-16-8-17-19-13/h4-6,8-9,15H,3,7H2,1-2H3. The lowest BCUT2D eigenvalue weighted by Gasteiger charge is -2.17. The van der Waals surface area contributed by atoms with E-state index >= 15 is 0 Å². The fourth-order valence-corrected chi connectivity index (χ4v) is 3.35. The average Bonchev–Trinajstić information content (AvgIpc) is 2.91. The summed E-state index contributed by atoms with van der Waals surface area (Å²) >= 11 is 2.62. The van der Waals surface area contributed by atoms with Gasteiger partial charge in [-0.3, -0.25) is 0 Å². The molecule has 0 radical (unpaired) electrons. The molecule has 102 valence electrons. The number of hydrogen-bond acceptors (Lipinski definition) is 5. The second-order valence-corrected chi connectivity index (χ2v) is 6.18. The van der Waals surface area contributed by atoms with Crippen molar-refractivity contribution in [3.8, 4) is 0 Å².